The average Bonchev–Trinajstić information content (AvgIpc) is 2.45. The van der Waals surface area contributed by atoms with E-state index < -0.39 is 16.9 Å². The quantitative estimate of drug-likeness (QED) is 0.341. The molecule has 0 aliphatic heterocycles. The maximum Gasteiger partial charge on any atom is 0.323 e. The highest BCUT2D eigenvalue weighted by atomic mass is 16.6. The summed E-state index contributed by atoms with van der Waals surface area (Å²) in [6.07, 6.45) is 3.52. The number of esters is 1. The summed E-state index contributed by atoms with van der Waals surface area (Å²) in [7, 11) is 0. The van der Waals surface area contributed by atoms with E-state index >= 15 is 0 Å². The lowest BCUT2D eigenvalue weighted by Gasteiger charge is -2.11. The highest BCUT2D eigenvalue weighted by Gasteiger charge is 2.17. The summed E-state index contributed by atoms with van der Waals surface area (Å²) in [5, 5.41) is 10.8. The molecule has 0 fully saturated rings. The number of unbranched alkanes of at least 4 members (excludes halogenated alkanes) is 2. The number of hydrogen-bond donors (Lipinski definition) is 1. The maximum absolute atomic E-state index is 11.7. The molecule has 1 rings (SSSR count). The molecule has 2 N–H and O–H groups in total. The van der Waals surface area contributed by atoms with Gasteiger partial charge in [-0.1, -0.05) is 38.3 Å². The number of carbonyl (C=O) groups is 1. The third-order valence-corrected chi connectivity index (χ3v) is 2.98. The zero-order valence-electron chi connectivity index (χ0n) is 11.6. The molecule has 0 radical (unpaired) electrons. The number of ether oxygens (including phenoxy) is 1. The molecule has 0 amide bonds. The fourth-order valence-electron chi connectivity index (χ4n) is 1.80. The Morgan fingerprint density at radius 3 is 2.75 bits per heavy atom. The third kappa shape index (κ3) is 4.97. The molecule has 0 aliphatic rings. The minimum atomic E-state index is -0.663. The number of nitrogens with zero attached hydrogens (tertiary/aromatic N) is 1. The SMILES string of the molecule is CCCCCC(N)C(=O)OCc1ccccc1[N+](=O)[O-]. The lowest BCUT2D eigenvalue weighted by atomic mass is 10.1. The zero-order valence-corrected chi connectivity index (χ0v) is 11.6. The number of carbonyl (C=O) groups excluding carboxylic acids is 1. The summed E-state index contributed by atoms with van der Waals surface area (Å²) in [5.41, 5.74) is 6.02. The van der Waals surface area contributed by atoms with Gasteiger partial charge in [0, 0.05) is 6.07 Å². The van der Waals surface area contributed by atoms with Crippen LogP contribution in [0.15, 0.2) is 24.3 Å². The third-order valence-electron chi connectivity index (χ3n) is 2.98. The molecule has 1 unspecified atom stereocenters. The Morgan fingerprint density at radius 2 is 2.10 bits per heavy atom. The largest absolute Gasteiger partial charge is 0.459 e. The summed E-state index contributed by atoms with van der Waals surface area (Å²) in [4.78, 5) is 22.0. The van der Waals surface area contributed by atoms with E-state index in [1.165, 1.54) is 6.07 Å². The Balaban J connectivity index is 2.50. The molecule has 110 valence electrons. The molecule has 6 heteroatoms. The molecule has 0 spiro atoms. The van der Waals surface area contributed by atoms with Crippen molar-refractivity contribution in [1.29, 1.82) is 0 Å². The van der Waals surface area contributed by atoms with E-state index in [4.69, 9.17) is 10.5 Å². The van der Waals surface area contributed by atoms with Gasteiger partial charge in [0.05, 0.1) is 10.5 Å². The molecular weight excluding hydrogens is 260 g/mol. The molecule has 0 aromatic heterocycles. The van der Waals surface area contributed by atoms with E-state index in [-0.39, 0.29) is 12.3 Å². The van der Waals surface area contributed by atoms with Gasteiger partial charge in [-0.05, 0) is 12.5 Å². The second-order valence-electron chi connectivity index (χ2n) is 4.60. The smallest absolute Gasteiger partial charge is 0.323 e. The molecule has 0 aliphatic carbocycles. The number of benzene rings is 1. The van der Waals surface area contributed by atoms with Crippen molar-refractivity contribution in [2.45, 2.75) is 45.3 Å². The van der Waals surface area contributed by atoms with Gasteiger partial charge in [-0.25, -0.2) is 0 Å². The van der Waals surface area contributed by atoms with Gasteiger partial charge in [0.2, 0.25) is 0 Å². The first-order chi connectivity index (χ1) is 9.56. The van der Waals surface area contributed by atoms with Crippen LogP contribution in [0, 0.1) is 10.1 Å². The van der Waals surface area contributed by atoms with E-state index in [9.17, 15) is 14.9 Å². The number of rotatable bonds is 8. The van der Waals surface area contributed by atoms with Crippen LogP contribution >= 0.6 is 0 Å². The standard InChI is InChI=1S/C14H20N2O4/c1-2-3-4-8-12(15)14(17)20-10-11-7-5-6-9-13(11)16(18)19/h5-7,9,12H,2-4,8,10,15H2,1H3. The Labute approximate surface area is 118 Å². The van der Waals surface area contributed by atoms with Crippen molar-refractivity contribution >= 4 is 11.7 Å². The number of para-hydroxylation sites is 1. The van der Waals surface area contributed by atoms with Crippen LogP contribution in [0.2, 0.25) is 0 Å². The number of nitro benzene ring substituents is 1. The average molecular weight is 280 g/mol. The predicted octanol–water partition coefficient (Wildman–Crippen LogP) is 2.55. The van der Waals surface area contributed by atoms with Crippen molar-refractivity contribution in [2.75, 3.05) is 0 Å². The molecule has 20 heavy (non-hydrogen) atoms. The fraction of sp³-hybridized carbons (Fsp3) is 0.500. The highest BCUT2D eigenvalue weighted by Crippen LogP contribution is 2.18. The molecule has 0 saturated heterocycles. The highest BCUT2D eigenvalue weighted by molar-refractivity contribution is 5.75. The van der Waals surface area contributed by atoms with Crippen LogP contribution in [0.4, 0.5) is 5.69 Å². The topological polar surface area (TPSA) is 95.5 Å². The van der Waals surface area contributed by atoms with Gasteiger partial charge in [-0.2, -0.15) is 0 Å². The van der Waals surface area contributed by atoms with E-state index in [2.05, 4.69) is 6.92 Å². The first-order valence-electron chi connectivity index (χ1n) is 6.70. The number of hydrogen-bond acceptors (Lipinski definition) is 5. The van der Waals surface area contributed by atoms with Crippen LogP contribution in [-0.4, -0.2) is 16.9 Å². The minimum absolute atomic E-state index is 0.0557. The van der Waals surface area contributed by atoms with Crippen LogP contribution in [-0.2, 0) is 16.1 Å². The van der Waals surface area contributed by atoms with E-state index in [1.807, 2.05) is 0 Å². The first-order valence-corrected chi connectivity index (χ1v) is 6.70. The molecule has 1 atom stereocenters. The lowest BCUT2D eigenvalue weighted by molar-refractivity contribution is -0.385. The molecule has 1 aromatic carbocycles. The molecule has 1 aromatic rings. The van der Waals surface area contributed by atoms with Crippen molar-refractivity contribution < 1.29 is 14.5 Å². The lowest BCUT2D eigenvalue weighted by Crippen LogP contribution is -2.32. The Morgan fingerprint density at radius 1 is 1.40 bits per heavy atom. The minimum Gasteiger partial charge on any atom is -0.459 e. The van der Waals surface area contributed by atoms with Gasteiger partial charge < -0.3 is 10.5 Å². The maximum atomic E-state index is 11.7. The molecule has 0 bridgehead atoms. The predicted molar refractivity (Wildman–Crippen MR) is 75.0 cm³/mol. The van der Waals surface area contributed by atoms with Gasteiger partial charge in [0.15, 0.2) is 0 Å². The van der Waals surface area contributed by atoms with Crippen LogP contribution < -0.4 is 5.73 Å². The first kappa shape index (κ1) is 16.1. The second-order valence-corrected chi connectivity index (χ2v) is 4.60. The van der Waals surface area contributed by atoms with E-state index in [1.54, 1.807) is 18.2 Å². The van der Waals surface area contributed by atoms with Crippen LogP contribution in [0.3, 0.4) is 0 Å². The molecular formula is C14H20N2O4. The van der Waals surface area contributed by atoms with Gasteiger partial charge in [0.1, 0.15) is 12.6 Å². The van der Waals surface area contributed by atoms with Crippen molar-refractivity contribution in [3.05, 3.63) is 39.9 Å². The zero-order chi connectivity index (χ0) is 15.0. The van der Waals surface area contributed by atoms with Crippen molar-refractivity contribution in [3.8, 4) is 0 Å². The Bertz CT molecular complexity index is 462. The molecule has 6 nitrogen and oxygen atoms in total. The number of nitrogens with two attached hydrogens (primary N) is 1. The number of nitro groups is 1. The van der Waals surface area contributed by atoms with Crippen LogP contribution in [0.1, 0.15) is 38.2 Å². The van der Waals surface area contributed by atoms with Gasteiger partial charge in [0.25, 0.3) is 5.69 Å². The van der Waals surface area contributed by atoms with E-state index in [0.29, 0.717) is 12.0 Å². The van der Waals surface area contributed by atoms with E-state index in [0.717, 1.165) is 19.3 Å². The molecule has 0 saturated carbocycles. The monoisotopic (exact) mass is 280 g/mol. The summed E-state index contributed by atoms with van der Waals surface area (Å²) >= 11 is 0. The van der Waals surface area contributed by atoms with Gasteiger partial charge in [-0.15, -0.1) is 0 Å². The Hall–Kier alpha value is -1.95. The van der Waals surface area contributed by atoms with Crippen molar-refractivity contribution in [1.82, 2.24) is 0 Å². The van der Waals surface area contributed by atoms with Crippen LogP contribution in [0.25, 0.3) is 0 Å². The normalized spacial score (nSPS) is 11.9. The molecule has 0 heterocycles. The summed E-state index contributed by atoms with van der Waals surface area (Å²) in [6.45, 7) is 1.94. The van der Waals surface area contributed by atoms with Gasteiger partial charge >= 0.3 is 5.97 Å². The van der Waals surface area contributed by atoms with Gasteiger partial charge in [-0.3, -0.25) is 14.9 Å². The van der Waals surface area contributed by atoms with Crippen molar-refractivity contribution in [2.24, 2.45) is 5.73 Å². The second kappa shape index (κ2) is 8.27. The van der Waals surface area contributed by atoms with Crippen LogP contribution in [0.5, 0.6) is 0 Å². The summed E-state index contributed by atoms with van der Waals surface area (Å²) in [5.74, 6) is -0.515. The summed E-state index contributed by atoms with van der Waals surface area (Å²) < 4.78 is 5.04. The summed E-state index contributed by atoms with van der Waals surface area (Å²) in [6, 6.07) is 5.51. The Kier molecular flexibility index (Phi) is 6.66. The van der Waals surface area contributed by atoms with Crippen molar-refractivity contribution in [3.63, 3.8) is 0 Å². The fourth-order valence-corrected chi connectivity index (χ4v) is 1.80.